The maximum absolute atomic E-state index is 12.2. The minimum absolute atomic E-state index is 0.000523. The van der Waals surface area contributed by atoms with Crippen LogP contribution in [0.3, 0.4) is 0 Å². The predicted molar refractivity (Wildman–Crippen MR) is 111 cm³/mol. The first-order chi connectivity index (χ1) is 13.2. The summed E-state index contributed by atoms with van der Waals surface area (Å²) in [6.45, 7) is 5.00. The minimum Gasteiger partial charge on any atom is -0.327 e. The zero-order valence-electron chi connectivity index (χ0n) is 15.9. The van der Waals surface area contributed by atoms with Crippen LogP contribution in [0.1, 0.15) is 24.5 Å². The summed E-state index contributed by atoms with van der Waals surface area (Å²) in [7, 11) is 0. The number of carbonyl (C=O) groups excluding carboxylic acids is 1. The molecule has 27 heavy (non-hydrogen) atoms. The van der Waals surface area contributed by atoms with Crippen molar-refractivity contribution in [2.45, 2.75) is 26.7 Å². The van der Waals surface area contributed by atoms with E-state index >= 15 is 0 Å². The third-order valence-corrected chi connectivity index (χ3v) is 4.42. The van der Waals surface area contributed by atoms with Gasteiger partial charge in [-0.25, -0.2) is 4.98 Å². The van der Waals surface area contributed by atoms with Gasteiger partial charge in [-0.3, -0.25) is 4.79 Å². The van der Waals surface area contributed by atoms with E-state index in [0.717, 1.165) is 35.7 Å². The minimum atomic E-state index is -0.000523. The van der Waals surface area contributed by atoms with Crippen molar-refractivity contribution in [1.29, 1.82) is 0 Å². The van der Waals surface area contributed by atoms with Gasteiger partial charge in [0.25, 0.3) is 0 Å². The van der Waals surface area contributed by atoms with Crippen molar-refractivity contribution < 1.29 is 4.79 Å². The molecule has 0 aliphatic carbocycles. The Morgan fingerprint density at radius 2 is 1.85 bits per heavy atom. The van der Waals surface area contributed by atoms with Crippen LogP contribution in [0.4, 0.5) is 17.2 Å². The topological polar surface area (TPSA) is 45.2 Å². The maximum Gasteiger partial charge on any atom is 0.224 e. The van der Waals surface area contributed by atoms with Crippen molar-refractivity contribution in [1.82, 2.24) is 4.98 Å². The van der Waals surface area contributed by atoms with Crippen molar-refractivity contribution in [3.05, 3.63) is 84.1 Å². The van der Waals surface area contributed by atoms with Gasteiger partial charge in [0, 0.05) is 18.7 Å². The Labute approximate surface area is 160 Å². The summed E-state index contributed by atoms with van der Waals surface area (Å²) < 4.78 is 0. The van der Waals surface area contributed by atoms with Gasteiger partial charge in [-0.2, -0.15) is 0 Å². The van der Waals surface area contributed by atoms with E-state index in [2.05, 4.69) is 53.3 Å². The van der Waals surface area contributed by atoms with Crippen molar-refractivity contribution in [2.24, 2.45) is 0 Å². The number of aromatic nitrogens is 1. The number of carbonyl (C=O) groups is 1. The molecule has 0 saturated carbocycles. The second-order valence-electron chi connectivity index (χ2n) is 6.52. The number of nitrogens with one attached hydrogen (secondary N) is 1. The van der Waals surface area contributed by atoms with Crippen LogP contribution in [-0.2, 0) is 11.2 Å². The highest BCUT2D eigenvalue weighted by atomic mass is 16.1. The summed E-state index contributed by atoms with van der Waals surface area (Å²) in [5.74, 6) is 0.866. The molecule has 0 saturated heterocycles. The molecule has 3 aromatic rings. The third kappa shape index (κ3) is 5.17. The number of hydrogen-bond donors (Lipinski definition) is 1. The molecule has 1 heterocycles. The Hall–Kier alpha value is -3.14. The van der Waals surface area contributed by atoms with Gasteiger partial charge < -0.3 is 10.2 Å². The standard InChI is InChI=1S/C23H25N3O/c1-3-26(21-11-7-8-18(2)16-21)22-14-13-20(17-24-22)25-23(27)15-12-19-9-5-4-6-10-19/h4-11,13-14,16-17H,3,12,15H2,1-2H3,(H,25,27). The van der Waals surface area contributed by atoms with E-state index in [4.69, 9.17) is 0 Å². The molecular formula is C23H25N3O. The van der Waals surface area contributed by atoms with E-state index < -0.39 is 0 Å². The van der Waals surface area contributed by atoms with Crippen LogP contribution < -0.4 is 10.2 Å². The van der Waals surface area contributed by atoms with Crippen LogP contribution in [0.15, 0.2) is 72.9 Å². The van der Waals surface area contributed by atoms with Gasteiger partial charge in [0.05, 0.1) is 11.9 Å². The van der Waals surface area contributed by atoms with Gasteiger partial charge in [-0.1, -0.05) is 42.5 Å². The van der Waals surface area contributed by atoms with Gasteiger partial charge in [0.1, 0.15) is 5.82 Å². The zero-order valence-corrected chi connectivity index (χ0v) is 15.9. The van der Waals surface area contributed by atoms with Gasteiger partial charge >= 0.3 is 0 Å². The SMILES string of the molecule is CCN(c1cccc(C)c1)c1ccc(NC(=O)CCc2ccccc2)cn1. The highest BCUT2D eigenvalue weighted by Gasteiger charge is 2.09. The largest absolute Gasteiger partial charge is 0.327 e. The molecule has 3 rings (SSSR count). The molecule has 1 amide bonds. The number of rotatable bonds is 7. The van der Waals surface area contributed by atoms with E-state index in [9.17, 15) is 4.79 Å². The van der Waals surface area contributed by atoms with Crippen molar-refractivity contribution in [3.63, 3.8) is 0 Å². The fourth-order valence-electron chi connectivity index (χ4n) is 3.02. The number of pyridine rings is 1. The number of benzene rings is 2. The Balaban J connectivity index is 1.61. The molecule has 0 aliphatic rings. The number of anilines is 3. The molecule has 0 unspecified atom stereocenters. The van der Waals surface area contributed by atoms with E-state index in [0.29, 0.717) is 6.42 Å². The van der Waals surface area contributed by atoms with Crippen molar-refractivity contribution >= 4 is 23.1 Å². The lowest BCUT2D eigenvalue weighted by molar-refractivity contribution is -0.116. The second kappa shape index (κ2) is 8.99. The number of aryl methyl sites for hydroxylation is 2. The number of nitrogens with zero attached hydrogens (tertiary/aromatic N) is 2. The summed E-state index contributed by atoms with van der Waals surface area (Å²) in [6.07, 6.45) is 2.90. The lowest BCUT2D eigenvalue weighted by atomic mass is 10.1. The van der Waals surface area contributed by atoms with Gasteiger partial charge in [0.15, 0.2) is 0 Å². The average Bonchev–Trinajstić information content (AvgIpc) is 2.69. The zero-order chi connectivity index (χ0) is 19.1. The quantitative estimate of drug-likeness (QED) is 0.637. The molecule has 0 fully saturated rings. The molecule has 0 atom stereocenters. The molecule has 0 bridgehead atoms. The summed E-state index contributed by atoms with van der Waals surface area (Å²) in [5.41, 5.74) is 4.22. The van der Waals surface area contributed by atoms with Gasteiger partial charge in [-0.05, 0) is 55.7 Å². The van der Waals surface area contributed by atoms with Gasteiger partial charge in [-0.15, -0.1) is 0 Å². The fourth-order valence-corrected chi connectivity index (χ4v) is 3.02. The lowest BCUT2D eigenvalue weighted by Gasteiger charge is -2.22. The third-order valence-electron chi connectivity index (χ3n) is 4.42. The van der Waals surface area contributed by atoms with E-state index in [1.165, 1.54) is 5.56 Å². The Morgan fingerprint density at radius 3 is 2.52 bits per heavy atom. The van der Waals surface area contributed by atoms with Crippen LogP contribution in [-0.4, -0.2) is 17.4 Å². The lowest BCUT2D eigenvalue weighted by Crippen LogP contribution is -2.18. The van der Waals surface area contributed by atoms with E-state index in [-0.39, 0.29) is 5.91 Å². The molecule has 4 heteroatoms. The van der Waals surface area contributed by atoms with Crippen molar-refractivity contribution in [3.8, 4) is 0 Å². The fraction of sp³-hybridized carbons (Fsp3) is 0.217. The Kier molecular flexibility index (Phi) is 6.21. The smallest absolute Gasteiger partial charge is 0.224 e. The Morgan fingerprint density at radius 1 is 1.04 bits per heavy atom. The maximum atomic E-state index is 12.2. The van der Waals surface area contributed by atoms with Crippen LogP contribution in [0.25, 0.3) is 0 Å². The van der Waals surface area contributed by atoms with Crippen LogP contribution in [0, 0.1) is 6.92 Å². The molecule has 1 aromatic heterocycles. The van der Waals surface area contributed by atoms with Crippen LogP contribution >= 0.6 is 0 Å². The highest BCUT2D eigenvalue weighted by molar-refractivity contribution is 5.90. The predicted octanol–water partition coefficient (Wildman–Crippen LogP) is 5.12. The summed E-state index contributed by atoms with van der Waals surface area (Å²) >= 11 is 0. The first-order valence-electron chi connectivity index (χ1n) is 9.29. The van der Waals surface area contributed by atoms with E-state index in [1.54, 1.807) is 6.20 Å². The number of amides is 1. The summed E-state index contributed by atoms with van der Waals surface area (Å²) in [5, 5.41) is 2.93. The average molecular weight is 359 g/mol. The molecule has 0 aliphatic heterocycles. The number of hydrogen-bond acceptors (Lipinski definition) is 3. The summed E-state index contributed by atoms with van der Waals surface area (Å²) in [6, 6.07) is 22.2. The first kappa shape index (κ1) is 18.6. The van der Waals surface area contributed by atoms with Crippen molar-refractivity contribution in [2.75, 3.05) is 16.8 Å². The first-order valence-corrected chi connectivity index (χ1v) is 9.29. The highest BCUT2D eigenvalue weighted by Crippen LogP contribution is 2.24. The molecule has 138 valence electrons. The molecular weight excluding hydrogens is 334 g/mol. The molecule has 1 N–H and O–H groups in total. The molecule has 0 radical (unpaired) electrons. The normalized spacial score (nSPS) is 10.4. The second-order valence-corrected chi connectivity index (χ2v) is 6.52. The van der Waals surface area contributed by atoms with E-state index in [1.807, 2.05) is 42.5 Å². The molecule has 0 spiro atoms. The Bertz CT molecular complexity index is 876. The molecule has 4 nitrogen and oxygen atoms in total. The van der Waals surface area contributed by atoms with Gasteiger partial charge in [0.2, 0.25) is 5.91 Å². The molecule has 2 aromatic carbocycles. The summed E-state index contributed by atoms with van der Waals surface area (Å²) in [4.78, 5) is 18.9. The van der Waals surface area contributed by atoms with Crippen LogP contribution in [0.5, 0.6) is 0 Å². The monoisotopic (exact) mass is 359 g/mol. The van der Waals surface area contributed by atoms with Crippen LogP contribution in [0.2, 0.25) is 0 Å².